The van der Waals surface area contributed by atoms with Crippen molar-refractivity contribution in [1.82, 2.24) is 0 Å². The molecule has 0 aromatic rings. The van der Waals surface area contributed by atoms with Gasteiger partial charge in [-0.25, -0.2) is 4.79 Å². The molecule has 5 nitrogen and oxygen atoms in total. The van der Waals surface area contributed by atoms with Gasteiger partial charge in [-0.3, -0.25) is 0 Å². The lowest BCUT2D eigenvalue weighted by molar-refractivity contribution is -0.160. The van der Waals surface area contributed by atoms with E-state index in [4.69, 9.17) is 14.2 Å². The summed E-state index contributed by atoms with van der Waals surface area (Å²) < 4.78 is 20.4. The Kier molecular flexibility index (Phi) is 12.3. The molecule has 0 aromatic carbocycles. The Morgan fingerprint density at radius 2 is 1.50 bits per heavy atom. The van der Waals surface area contributed by atoms with Crippen molar-refractivity contribution in [3.8, 4) is 0 Å². The van der Waals surface area contributed by atoms with Crippen molar-refractivity contribution in [3.05, 3.63) is 0 Å². The molecule has 0 unspecified atom stereocenters. The average Bonchev–Trinajstić information content (AvgIpc) is 2.34. The average molecular weight is 308 g/mol. The summed E-state index contributed by atoms with van der Waals surface area (Å²) in [5, 5.41) is 0. The Morgan fingerprint density at radius 3 is 2.15 bits per heavy atom. The van der Waals surface area contributed by atoms with Crippen molar-refractivity contribution in [3.63, 3.8) is 0 Å². The largest absolute Gasteiger partial charge is 0.458 e. The Hall–Kier alpha value is -0.300. The lowest BCUT2D eigenvalue weighted by Crippen LogP contribution is -2.26. The molecule has 0 heterocycles. The number of carbonyl (C=O) groups is 1. The summed E-state index contributed by atoms with van der Waals surface area (Å²) >= 11 is 3.67. The van der Waals surface area contributed by atoms with Crippen molar-refractivity contribution in [1.29, 1.82) is 0 Å². The van der Waals surface area contributed by atoms with E-state index in [0.717, 1.165) is 32.3 Å². The first-order valence-corrected chi connectivity index (χ1v) is 7.46. The van der Waals surface area contributed by atoms with Crippen LogP contribution in [0.4, 0.5) is 0 Å². The summed E-state index contributed by atoms with van der Waals surface area (Å²) in [6.45, 7) is 8.09. The number of ether oxygens (including phenoxy) is 3. The van der Waals surface area contributed by atoms with Crippen LogP contribution in [-0.4, -0.2) is 44.6 Å². The summed E-state index contributed by atoms with van der Waals surface area (Å²) in [6.07, 6.45) is 3.89. The maximum Gasteiger partial charge on any atom is 0.332 e. The Bertz CT molecular complexity index is 240. The van der Waals surface area contributed by atoms with E-state index in [1.165, 1.54) is 0 Å². The van der Waals surface area contributed by atoms with Crippen LogP contribution in [0.2, 0.25) is 0 Å². The molecule has 0 atom stereocenters. The van der Waals surface area contributed by atoms with Crippen molar-refractivity contribution in [2.24, 2.45) is 0 Å². The predicted molar refractivity (Wildman–Crippen MR) is 80.9 cm³/mol. The molecule has 0 aliphatic rings. The summed E-state index contributed by atoms with van der Waals surface area (Å²) in [5.41, 5.74) is -0.457. The fourth-order valence-corrected chi connectivity index (χ4v) is 1.57. The summed E-state index contributed by atoms with van der Waals surface area (Å²) in [7, 11) is 0. The van der Waals surface area contributed by atoms with Crippen LogP contribution in [-0.2, 0) is 23.2 Å². The van der Waals surface area contributed by atoms with Gasteiger partial charge in [0.25, 0.3) is 0 Å². The second kappa shape index (κ2) is 12.4. The van der Waals surface area contributed by atoms with E-state index in [9.17, 15) is 4.79 Å². The molecule has 20 heavy (non-hydrogen) atoms. The zero-order valence-electron chi connectivity index (χ0n) is 12.9. The van der Waals surface area contributed by atoms with E-state index in [0.29, 0.717) is 19.8 Å². The maximum atomic E-state index is 11.3. The van der Waals surface area contributed by atoms with Crippen molar-refractivity contribution in [2.45, 2.75) is 52.1 Å². The first-order valence-electron chi connectivity index (χ1n) is 7.09. The van der Waals surface area contributed by atoms with Gasteiger partial charge in [-0.2, -0.15) is 0 Å². The van der Waals surface area contributed by atoms with Gasteiger partial charge in [0.1, 0.15) is 12.2 Å². The molecule has 0 aromatic heterocycles. The van der Waals surface area contributed by atoms with E-state index >= 15 is 0 Å². The molecular formula is C14H28O5S. The molecule has 0 fully saturated rings. The van der Waals surface area contributed by atoms with Crippen LogP contribution in [0.25, 0.3) is 0 Å². The van der Waals surface area contributed by atoms with E-state index in [-0.39, 0.29) is 12.6 Å². The zero-order chi connectivity index (χ0) is 15.3. The minimum atomic E-state index is -0.457. The molecule has 0 bridgehead atoms. The van der Waals surface area contributed by atoms with Crippen LogP contribution in [0.1, 0.15) is 46.5 Å². The molecule has 0 saturated carbocycles. The second-order valence-corrected chi connectivity index (χ2v) is 5.76. The first-order chi connectivity index (χ1) is 9.45. The number of hydrogen-bond donors (Lipinski definition) is 1. The molecule has 0 saturated heterocycles. The van der Waals surface area contributed by atoms with Gasteiger partial charge >= 0.3 is 5.97 Å². The highest BCUT2D eigenvalue weighted by Gasteiger charge is 2.15. The van der Waals surface area contributed by atoms with Gasteiger partial charge in [0.05, 0.1) is 6.61 Å². The Morgan fingerprint density at radius 1 is 0.900 bits per heavy atom. The van der Waals surface area contributed by atoms with Gasteiger partial charge < -0.3 is 18.4 Å². The molecule has 120 valence electrons. The third-order valence-corrected chi connectivity index (χ3v) is 2.42. The van der Waals surface area contributed by atoms with E-state index in [1.54, 1.807) is 0 Å². The fourth-order valence-electron chi connectivity index (χ4n) is 1.44. The zero-order valence-corrected chi connectivity index (χ0v) is 13.7. The van der Waals surface area contributed by atoms with Crippen molar-refractivity contribution in [2.75, 3.05) is 33.0 Å². The SMILES string of the molecule is CC(C)(C)OC(=O)COCCCOCCCCCOS. The molecule has 0 amide bonds. The van der Waals surface area contributed by atoms with Crippen LogP contribution in [0.3, 0.4) is 0 Å². The van der Waals surface area contributed by atoms with Crippen LogP contribution < -0.4 is 0 Å². The van der Waals surface area contributed by atoms with Crippen LogP contribution in [0.5, 0.6) is 0 Å². The second-order valence-electron chi connectivity index (χ2n) is 5.50. The predicted octanol–water partition coefficient (Wildman–Crippen LogP) is 2.78. The molecule has 0 N–H and O–H groups in total. The number of unbranched alkanes of at least 4 members (excludes halogenated alkanes) is 2. The number of thiol groups is 1. The van der Waals surface area contributed by atoms with E-state index in [2.05, 4.69) is 17.1 Å². The molecule has 0 rings (SSSR count). The topological polar surface area (TPSA) is 54.0 Å². The summed E-state index contributed by atoms with van der Waals surface area (Å²) in [4.78, 5) is 11.3. The molecule has 0 spiro atoms. The van der Waals surface area contributed by atoms with Gasteiger partial charge in [0.2, 0.25) is 0 Å². The van der Waals surface area contributed by atoms with Crippen molar-refractivity contribution >= 4 is 18.9 Å². The third-order valence-electron chi connectivity index (χ3n) is 2.24. The molecular weight excluding hydrogens is 280 g/mol. The van der Waals surface area contributed by atoms with E-state index < -0.39 is 5.60 Å². The Balaban J connectivity index is 3.19. The normalized spacial score (nSPS) is 11.6. The highest BCUT2D eigenvalue weighted by atomic mass is 32.1. The maximum absolute atomic E-state index is 11.3. The van der Waals surface area contributed by atoms with Gasteiger partial charge in [0.15, 0.2) is 0 Å². The van der Waals surface area contributed by atoms with Crippen LogP contribution >= 0.6 is 12.9 Å². The quantitative estimate of drug-likeness (QED) is 0.260. The molecule has 0 aliphatic heterocycles. The minimum Gasteiger partial charge on any atom is -0.458 e. The number of hydrogen-bond acceptors (Lipinski definition) is 6. The minimum absolute atomic E-state index is 0.000990. The van der Waals surface area contributed by atoms with Crippen LogP contribution in [0, 0.1) is 0 Å². The molecule has 0 aliphatic carbocycles. The highest BCUT2D eigenvalue weighted by molar-refractivity contribution is 7.75. The van der Waals surface area contributed by atoms with Gasteiger partial charge in [-0.05, 0) is 59.4 Å². The smallest absolute Gasteiger partial charge is 0.332 e. The molecule has 0 radical (unpaired) electrons. The lowest BCUT2D eigenvalue weighted by Gasteiger charge is -2.19. The molecule has 6 heteroatoms. The monoisotopic (exact) mass is 308 g/mol. The fraction of sp³-hybridized carbons (Fsp3) is 0.929. The summed E-state index contributed by atoms with van der Waals surface area (Å²) in [6, 6.07) is 0. The van der Waals surface area contributed by atoms with Gasteiger partial charge in [-0.1, -0.05) is 0 Å². The summed E-state index contributed by atoms with van der Waals surface area (Å²) in [5.74, 6) is -0.329. The first kappa shape index (κ1) is 19.7. The van der Waals surface area contributed by atoms with E-state index in [1.807, 2.05) is 20.8 Å². The highest BCUT2D eigenvalue weighted by Crippen LogP contribution is 2.06. The number of rotatable bonds is 12. The van der Waals surface area contributed by atoms with Gasteiger partial charge in [0, 0.05) is 19.8 Å². The third kappa shape index (κ3) is 15.8. The number of esters is 1. The number of carbonyl (C=O) groups excluding carboxylic acids is 1. The Labute approximate surface area is 127 Å². The standard InChI is InChI=1S/C14H28O5S/c1-14(2,3)19-13(15)12-17-10-7-9-16-8-5-4-6-11-18-20/h20H,4-12H2,1-3H3. The lowest BCUT2D eigenvalue weighted by atomic mass is 10.2. The van der Waals surface area contributed by atoms with Crippen LogP contribution in [0.15, 0.2) is 0 Å². The van der Waals surface area contributed by atoms with Crippen molar-refractivity contribution < 1.29 is 23.2 Å². The van der Waals surface area contributed by atoms with Gasteiger partial charge in [-0.15, -0.1) is 0 Å².